The zero-order valence-corrected chi connectivity index (χ0v) is 14.2. The van der Waals surface area contributed by atoms with Crippen LogP contribution >= 0.6 is 0 Å². The highest BCUT2D eigenvalue weighted by Crippen LogP contribution is 2.25. The zero-order valence-electron chi connectivity index (χ0n) is 14.2. The number of allylic oxidation sites excluding steroid dienone is 2. The first-order valence-electron chi connectivity index (χ1n) is 8.19. The quantitative estimate of drug-likeness (QED) is 0.540. The molecule has 2 rings (SSSR count). The molecule has 1 aliphatic heterocycles. The number of methoxy groups -OCH3 is 2. The highest BCUT2D eigenvalue weighted by Gasteiger charge is 2.08. The fourth-order valence-electron chi connectivity index (χ4n) is 2.60. The molecule has 1 saturated heterocycles. The van der Waals surface area contributed by atoms with Crippen molar-refractivity contribution in [2.45, 2.75) is 19.3 Å². The van der Waals surface area contributed by atoms with Gasteiger partial charge in [0.15, 0.2) is 0 Å². The van der Waals surface area contributed by atoms with E-state index < -0.39 is 0 Å². The van der Waals surface area contributed by atoms with Crippen LogP contribution in [0.15, 0.2) is 36.4 Å². The van der Waals surface area contributed by atoms with E-state index in [-0.39, 0.29) is 0 Å². The van der Waals surface area contributed by atoms with Crippen molar-refractivity contribution in [1.29, 1.82) is 0 Å². The lowest BCUT2D eigenvalue weighted by atomic mass is 10.1. The van der Waals surface area contributed by atoms with Crippen molar-refractivity contribution >= 4 is 6.08 Å². The van der Waals surface area contributed by atoms with Crippen LogP contribution in [0.25, 0.3) is 6.08 Å². The van der Waals surface area contributed by atoms with Crippen LogP contribution in [0, 0.1) is 0 Å². The number of ether oxygens (including phenoxy) is 3. The van der Waals surface area contributed by atoms with E-state index in [0.29, 0.717) is 6.61 Å². The van der Waals surface area contributed by atoms with Gasteiger partial charge in [0.1, 0.15) is 11.5 Å². The van der Waals surface area contributed by atoms with Gasteiger partial charge in [-0.05, 0) is 31.0 Å². The first kappa shape index (κ1) is 17.6. The molecule has 0 saturated carbocycles. The van der Waals surface area contributed by atoms with Crippen LogP contribution in [0.3, 0.4) is 0 Å². The molecule has 0 bridgehead atoms. The summed E-state index contributed by atoms with van der Waals surface area (Å²) in [6, 6.07) is 5.75. The van der Waals surface area contributed by atoms with Gasteiger partial charge in [-0.25, -0.2) is 0 Å². The molecule has 0 atom stereocenters. The Hall–Kier alpha value is -1.78. The molecule has 0 aliphatic carbocycles. The number of hydrogen-bond acceptors (Lipinski definition) is 4. The lowest BCUT2D eigenvalue weighted by Crippen LogP contribution is -2.31. The predicted octanol–water partition coefficient (Wildman–Crippen LogP) is 3.73. The first-order valence-corrected chi connectivity index (χ1v) is 8.19. The van der Waals surface area contributed by atoms with Crippen molar-refractivity contribution in [3.63, 3.8) is 0 Å². The third-order valence-corrected chi connectivity index (χ3v) is 3.90. The fraction of sp³-hybridized carbons (Fsp3) is 0.474. The molecule has 0 N–H and O–H groups in total. The standard InChI is InChI=1S/C19H27NO3/c1-21-18-10-11-19(22-2)17(15-18)9-5-3-8-14-23-16-20-12-6-4-7-13-20/h3,5,8-11,15H,4,6-7,12-14,16H2,1-2H3/b8-3+,9-5+. The molecule has 0 radical (unpaired) electrons. The van der Waals surface area contributed by atoms with E-state index in [4.69, 9.17) is 14.2 Å². The minimum atomic E-state index is 0.635. The van der Waals surface area contributed by atoms with E-state index >= 15 is 0 Å². The zero-order chi connectivity index (χ0) is 16.3. The van der Waals surface area contributed by atoms with E-state index in [2.05, 4.69) is 4.90 Å². The Morgan fingerprint density at radius 1 is 1.04 bits per heavy atom. The van der Waals surface area contributed by atoms with Gasteiger partial charge in [0.2, 0.25) is 0 Å². The highest BCUT2D eigenvalue weighted by atomic mass is 16.5. The molecule has 1 aromatic carbocycles. The molecular formula is C19H27NO3. The number of nitrogens with zero attached hydrogens (tertiary/aromatic N) is 1. The van der Waals surface area contributed by atoms with Gasteiger partial charge >= 0.3 is 0 Å². The van der Waals surface area contributed by atoms with E-state index in [9.17, 15) is 0 Å². The van der Waals surface area contributed by atoms with Crippen molar-refractivity contribution in [2.75, 3.05) is 40.6 Å². The molecule has 1 aliphatic rings. The van der Waals surface area contributed by atoms with Crippen molar-refractivity contribution in [2.24, 2.45) is 0 Å². The number of rotatable bonds is 8. The molecule has 0 spiro atoms. The van der Waals surface area contributed by atoms with Gasteiger partial charge in [0.25, 0.3) is 0 Å². The van der Waals surface area contributed by atoms with E-state index in [1.807, 2.05) is 42.5 Å². The molecular weight excluding hydrogens is 290 g/mol. The maximum atomic E-state index is 5.67. The largest absolute Gasteiger partial charge is 0.497 e. The monoisotopic (exact) mass is 317 g/mol. The average molecular weight is 317 g/mol. The summed E-state index contributed by atoms with van der Waals surface area (Å²) in [6.45, 7) is 3.70. The third kappa shape index (κ3) is 6.08. The maximum Gasteiger partial charge on any atom is 0.126 e. The number of piperidine rings is 1. The van der Waals surface area contributed by atoms with Crippen molar-refractivity contribution in [3.8, 4) is 11.5 Å². The maximum absolute atomic E-state index is 5.67. The molecule has 1 aromatic rings. The van der Waals surface area contributed by atoms with Crippen LogP contribution in [0.1, 0.15) is 24.8 Å². The van der Waals surface area contributed by atoms with Crippen LogP contribution in [0.2, 0.25) is 0 Å². The van der Waals surface area contributed by atoms with Crippen molar-refractivity contribution < 1.29 is 14.2 Å². The number of likely N-dealkylation sites (tertiary alicyclic amines) is 1. The molecule has 4 heteroatoms. The second-order valence-electron chi connectivity index (χ2n) is 5.57. The molecule has 23 heavy (non-hydrogen) atoms. The van der Waals surface area contributed by atoms with Crippen molar-refractivity contribution in [1.82, 2.24) is 4.90 Å². The van der Waals surface area contributed by atoms with E-state index in [0.717, 1.165) is 23.8 Å². The normalized spacial score (nSPS) is 16.3. The molecule has 1 heterocycles. The summed E-state index contributed by atoms with van der Waals surface area (Å²) < 4.78 is 16.3. The Morgan fingerprint density at radius 2 is 1.87 bits per heavy atom. The highest BCUT2D eigenvalue weighted by molar-refractivity contribution is 5.60. The summed E-state index contributed by atoms with van der Waals surface area (Å²) in [7, 11) is 3.33. The summed E-state index contributed by atoms with van der Waals surface area (Å²) in [5, 5.41) is 0. The summed E-state index contributed by atoms with van der Waals surface area (Å²) in [4.78, 5) is 2.37. The van der Waals surface area contributed by atoms with Crippen LogP contribution in [-0.4, -0.2) is 45.5 Å². The summed E-state index contributed by atoms with van der Waals surface area (Å²) in [5.41, 5.74) is 0.991. The van der Waals surface area contributed by atoms with E-state index in [1.54, 1.807) is 14.2 Å². The lowest BCUT2D eigenvalue weighted by Gasteiger charge is -2.25. The lowest BCUT2D eigenvalue weighted by molar-refractivity contribution is 0.0328. The van der Waals surface area contributed by atoms with Gasteiger partial charge in [0, 0.05) is 18.7 Å². The smallest absolute Gasteiger partial charge is 0.126 e. The van der Waals surface area contributed by atoms with Crippen LogP contribution in [0.4, 0.5) is 0 Å². The third-order valence-electron chi connectivity index (χ3n) is 3.90. The fourth-order valence-corrected chi connectivity index (χ4v) is 2.60. The van der Waals surface area contributed by atoms with Gasteiger partial charge in [0.05, 0.1) is 27.6 Å². The summed E-state index contributed by atoms with van der Waals surface area (Å²) >= 11 is 0. The second-order valence-corrected chi connectivity index (χ2v) is 5.57. The van der Waals surface area contributed by atoms with Gasteiger partial charge in [-0.3, -0.25) is 4.90 Å². The summed E-state index contributed by atoms with van der Waals surface area (Å²) in [6.07, 6.45) is 12.0. The Morgan fingerprint density at radius 3 is 2.61 bits per heavy atom. The second kappa shape index (κ2) is 10.1. The van der Waals surface area contributed by atoms with Crippen LogP contribution < -0.4 is 9.47 Å². The molecule has 0 amide bonds. The average Bonchev–Trinajstić information content (AvgIpc) is 2.61. The minimum Gasteiger partial charge on any atom is -0.497 e. The van der Waals surface area contributed by atoms with Crippen LogP contribution in [0.5, 0.6) is 11.5 Å². The van der Waals surface area contributed by atoms with Gasteiger partial charge in [-0.1, -0.05) is 30.7 Å². The van der Waals surface area contributed by atoms with Gasteiger partial charge in [-0.2, -0.15) is 0 Å². The predicted molar refractivity (Wildman–Crippen MR) is 94.0 cm³/mol. The Balaban J connectivity index is 1.74. The van der Waals surface area contributed by atoms with Crippen molar-refractivity contribution in [3.05, 3.63) is 42.0 Å². The number of hydrogen-bond donors (Lipinski definition) is 0. The SMILES string of the molecule is COc1ccc(OC)c(/C=C/C=C/COCN2CCCCC2)c1. The first-order chi connectivity index (χ1) is 11.3. The Kier molecular flexibility index (Phi) is 7.70. The molecule has 0 aromatic heterocycles. The number of benzene rings is 1. The van der Waals surface area contributed by atoms with Crippen LogP contribution in [-0.2, 0) is 4.74 Å². The molecule has 126 valence electrons. The minimum absolute atomic E-state index is 0.635. The molecule has 0 unspecified atom stereocenters. The van der Waals surface area contributed by atoms with Gasteiger partial charge in [-0.15, -0.1) is 0 Å². The molecule has 1 fully saturated rings. The summed E-state index contributed by atoms with van der Waals surface area (Å²) in [5.74, 6) is 1.65. The molecule has 4 nitrogen and oxygen atoms in total. The topological polar surface area (TPSA) is 30.9 Å². The van der Waals surface area contributed by atoms with Gasteiger partial charge < -0.3 is 14.2 Å². The Labute approximate surface area is 139 Å². The van der Waals surface area contributed by atoms with E-state index in [1.165, 1.54) is 32.4 Å². The Bertz CT molecular complexity index is 519.